The number of nitrogens with zero attached hydrogens (tertiary/aromatic N) is 2. The first-order valence-corrected chi connectivity index (χ1v) is 14.8. The van der Waals surface area contributed by atoms with Crippen molar-refractivity contribution in [2.24, 2.45) is 16.8 Å². The SMILES string of the molecule is COC(=O)C1=C(C)N=C(C)C(C(=O)OC)C1c1ccc(F)c(NC(=O)NCCCN2CCC(NCCC(C)C)CC2)c1. The van der Waals surface area contributed by atoms with E-state index in [9.17, 15) is 18.8 Å². The lowest BCUT2D eigenvalue weighted by molar-refractivity contribution is -0.143. The van der Waals surface area contributed by atoms with E-state index in [1.54, 1.807) is 13.8 Å². The molecule has 3 rings (SSSR count). The molecule has 2 unspecified atom stereocenters. The predicted molar refractivity (Wildman–Crippen MR) is 161 cm³/mol. The Morgan fingerprint density at radius 1 is 1.10 bits per heavy atom. The first-order chi connectivity index (χ1) is 20.0. The molecule has 2 amide bonds. The Labute approximate surface area is 248 Å². The number of urea groups is 1. The van der Waals surface area contributed by atoms with E-state index in [-0.39, 0.29) is 11.3 Å². The minimum Gasteiger partial charge on any atom is -0.468 e. The fourth-order valence-corrected chi connectivity index (χ4v) is 5.64. The molecule has 10 nitrogen and oxygen atoms in total. The number of nitrogens with one attached hydrogen (secondary N) is 3. The van der Waals surface area contributed by atoms with Gasteiger partial charge in [-0.25, -0.2) is 14.0 Å². The number of anilines is 1. The van der Waals surface area contributed by atoms with Gasteiger partial charge in [0, 0.05) is 29.9 Å². The normalized spacial score (nSPS) is 19.9. The topological polar surface area (TPSA) is 121 Å². The van der Waals surface area contributed by atoms with Gasteiger partial charge in [-0.2, -0.15) is 0 Å². The number of carbonyl (C=O) groups is 3. The van der Waals surface area contributed by atoms with Gasteiger partial charge in [-0.15, -0.1) is 0 Å². The molecule has 232 valence electrons. The van der Waals surface area contributed by atoms with E-state index < -0.39 is 35.6 Å². The molecule has 1 aromatic carbocycles. The number of piperidine rings is 1. The molecule has 1 saturated heterocycles. The Morgan fingerprint density at radius 2 is 1.81 bits per heavy atom. The third-order valence-corrected chi connectivity index (χ3v) is 7.97. The molecule has 11 heteroatoms. The molecule has 2 atom stereocenters. The Balaban J connectivity index is 1.58. The molecule has 1 aromatic rings. The molecule has 0 radical (unpaired) electrons. The summed E-state index contributed by atoms with van der Waals surface area (Å²) in [4.78, 5) is 44.9. The van der Waals surface area contributed by atoms with Gasteiger partial charge in [0.15, 0.2) is 0 Å². The molecule has 3 N–H and O–H groups in total. The van der Waals surface area contributed by atoms with E-state index in [2.05, 4.69) is 39.7 Å². The lowest BCUT2D eigenvalue weighted by atomic mass is 9.75. The molecular formula is C31H46FN5O5. The van der Waals surface area contributed by atoms with Crippen LogP contribution in [0.15, 0.2) is 34.5 Å². The van der Waals surface area contributed by atoms with Gasteiger partial charge in [-0.1, -0.05) is 19.9 Å². The van der Waals surface area contributed by atoms with Crippen LogP contribution in [0.3, 0.4) is 0 Å². The molecule has 0 aliphatic carbocycles. The largest absolute Gasteiger partial charge is 0.468 e. The van der Waals surface area contributed by atoms with E-state index in [0.717, 1.165) is 45.4 Å². The van der Waals surface area contributed by atoms with Crippen LogP contribution in [-0.2, 0) is 19.1 Å². The summed E-state index contributed by atoms with van der Waals surface area (Å²) in [5.74, 6) is -2.92. The second-order valence-electron chi connectivity index (χ2n) is 11.4. The number of esters is 2. The number of rotatable bonds is 12. The summed E-state index contributed by atoms with van der Waals surface area (Å²) >= 11 is 0. The average molecular weight is 588 g/mol. The number of hydrogen-bond acceptors (Lipinski definition) is 8. The van der Waals surface area contributed by atoms with Crippen molar-refractivity contribution in [3.05, 3.63) is 40.8 Å². The van der Waals surface area contributed by atoms with Crippen molar-refractivity contribution < 1.29 is 28.2 Å². The molecular weight excluding hydrogens is 541 g/mol. The van der Waals surface area contributed by atoms with Crippen LogP contribution in [-0.4, -0.2) is 81.6 Å². The number of likely N-dealkylation sites (tertiary alicyclic amines) is 1. The molecule has 0 bridgehead atoms. The number of allylic oxidation sites excluding steroid dienone is 1. The molecule has 2 aliphatic heterocycles. The number of hydrogen-bond donors (Lipinski definition) is 3. The summed E-state index contributed by atoms with van der Waals surface area (Å²) in [6, 6.07) is 4.15. The minimum atomic E-state index is -0.916. The van der Waals surface area contributed by atoms with Gasteiger partial charge in [0.25, 0.3) is 0 Å². The van der Waals surface area contributed by atoms with Crippen LogP contribution in [0.4, 0.5) is 14.9 Å². The van der Waals surface area contributed by atoms with E-state index in [4.69, 9.17) is 9.47 Å². The van der Waals surface area contributed by atoms with Crippen LogP contribution >= 0.6 is 0 Å². The third-order valence-electron chi connectivity index (χ3n) is 7.97. The number of benzene rings is 1. The maximum absolute atomic E-state index is 14.8. The maximum atomic E-state index is 14.8. The number of methoxy groups -OCH3 is 2. The second-order valence-corrected chi connectivity index (χ2v) is 11.4. The standard InChI is InChI=1S/C31H46FN5O5/c1-19(2)10-14-33-23-11-16-37(17-12-23)15-7-13-34-31(40)36-25-18-22(8-9-24(25)32)28-26(29(38)41-5)20(3)35-21(4)27(28)30(39)42-6/h8-9,18-19,23,26,28,33H,7,10-17H2,1-6H3,(H2,34,36,40). The number of amides is 2. The Morgan fingerprint density at radius 3 is 2.45 bits per heavy atom. The van der Waals surface area contributed by atoms with E-state index in [0.29, 0.717) is 35.5 Å². The van der Waals surface area contributed by atoms with Gasteiger partial charge in [-0.05, 0) is 89.3 Å². The lowest BCUT2D eigenvalue weighted by Crippen LogP contribution is -2.43. The van der Waals surface area contributed by atoms with Crippen molar-refractivity contribution >= 4 is 29.4 Å². The smallest absolute Gasteiger partial charge is 0.336 e. The van der Waals surface area contributed by atoms with Crippen LogP contribution in [0.2, 0.25) is 0 Å². The van der Waals surface area contributed by atoms with Gasteiger partial charge < -0.3 is 30.3 Å². The molecule has 2 heterocycles. The van der Waals surface area contributed by atoms with Crippen molar-refractivity contribution in [3.8, 4) is 0 Å². The van der Waals surface area contributed by atoms with Gasteiger partial charge in [0.05, 0.1) is 25.5 Å². The van der Waals surface area contributed by atoms with Crippen molar-refractivity contribution in [3.63, 3.8) is 0 Å². The molecule has 0 spiro atoms. The fourth-order valence-electron chi connectivity index (χ4n) is 5.64. The third kappa shape index (κ3) is 8.84. The van der Waals surface area contributed by atoms with Crippen molar-refractivity contribution in [1.29, 1.82) is 0 Å². The van der Waals surface area contributed by atoms with Crippen LogP contribution in [0, 0.1) is 17.7 Å². The lowest BCUT2D eigenvalue weighted by Gasteiger charge is -2.32. The Hall–Kier alpha value is -3.31. The van der Waals surface area contributed by atoms with Gasteiger partial charge >= 0.3 is 18.0 Å². The van der Waals surface area contributed by atoms with E-state index in [1.807, 2.05) is 0 Å². The van der Waals surface area contributed by atoms with Gasteiger partial charge in [0.1, 0.15) is 11.7 Å². The van der Waals surface area contributed by atoms with Crippen LogP contribution in [0.1, 0.15) is 64.9 Å². The summed E-state index contributed by atoms with van der Waals surface area (Å²) in [5, 5.41) is 9.03. The second kappa shape index (κ2) is 15.8. The summed E-state index contributed by atoms with van der Waals surface area (Å²) in [6.45, 7) is 12.2. The Bertz CT molecular complexity index is 1180. The van der Waals surface area contributed by atoms with Crippen LogP contribution in [0.25, 0.3) is 0 Å². The van der Waals surface area contributed by atoms with Gasteiger partial charge in [0.2, 0.25) is 0 Å². The zero-order valence-electron chi connectivity index (χ0n) is 25.7. The number of halogens is 1. The highest BCUT2D eigenvalue weighted by Gasteiger charge is 2.42. The molecule has 0 saturated carbocycles. The highest BCUT2D eigenvalue weighted by atomic mass is 19.1. The molecule has 42 heavy (non-hydrogen) atoms. The molecule has 0 aromatic heterocycles. The fraction of sp³-hybridized carbons (Fsp3) is 0.613. The van der Waals surface area contributed by atoms with Crippen molar-refractivity contribution in [2.75, 3.05) is 52.3 Å². The van der Waals surface area contributed by atoms with Crippen molar-refractivity contribution in [1.82, 2.24) is 15.5 Å². The highest BCUT2D eigenvalue weighted by molar-refractivity contribution is 6.07. The monoisotopic (exact) mass is 587 g/mol. The average Bonchev–Trinajstić information content (AvgIpc) is 2.96. The Kier molecular flexibility index (Phi) is 12.5. The number of carbonyl (C=O) groups excluding carboxylic acids is 3. The first kappa shape index (κ1) is 33.2. The molecule has 1 fully saturated rings. The minimum absolute atomic E-state index is 0.0670. The zero-order chi connectivity index (χ0) is 30.8. The quantitative estimate of drug-likeness (QED) is 0.247. The van der Waals surface area contributed by atoms with Crippen LogP contribution < -0.4 is 16.0 Å². The van der Waals surface area contributed by atoms with E-state index >= 15 is 0 Å². The number of aliphatic imine (C=N–C) groups is 1. The summed E-state index contributed by atoms with van der Waals surface area (Å²) < 4.78 is 24.8. The predicted octanol–water partition coefficient (Wildman–Crippen LogP) is 4.23. The molecule has 2 aliphatic rings. The zero-order valence-corrected chi connectivity index (χ0v) is 25.7. The van der Waals surface area contributed by atoms with Crippen molar-refractivity contribution in [2.45, 2.75) is 65.3 Å². The maximum Gasteiger partial charge on any atom is 0.336 e. The first-order valence-electron chi connectivity index (χ1n) is 14.8. The van der Waals surface area contributed by atoms with E-state index in [1.165, 1.54) is 38.8 Å². The number of ether oxygens (including phenoxy) is 2. The highest BCUT2D eigenvalue weighted by Crippen LogP contribution is 2.41. The summed E-state index contributed by atoms with van der Waals surface area (Å²) in [5.41, 5.74) is 1.41. The van der Waals surface area contributed by atoms with Crippen LogP contribution in [0.5, 0.6) is 0 Å². The van der Waals surface area contributed by atoms with Gasteiger partial charge in [-0.3, -0.25) is 9.79 Å². The summed E-state index contributed by atoms with van der Waals surface area (Å²) in [7, 11) is 2.50. The summed E-state index contributed by atoms with van der Waals surface area (Å²) in [6.07, 6.45) is 4.21.